The van der Waals surface area contributed by atoms with Crippen molar-refractivity contribution >= 4 is 16.7 Å². The van der Waals surface area contributed by atoms with Gasteiger partial charge in [-0.1, -0.05) is 72.8 Å². The summed E-state index contributed by atoms with van der Waals surface area (Å²) in [5, 5.41) is 25.7. The lowest BCUT2D eigenvalue weighted by atomic mass is 9.93. The van der Waals surface area contributed by atoms with E-state index in [2.05, 4.69) is 55.6 Å². The van der Waals surface area contributed by atoms with Crippen LogP contribution in [0.25, 0.3) is 10.8 Å². The van der Waals surface area contributed by atoms with Crippen LogP contribution in [0, 0.1) is 0 Å². The van der Waals surface area contributed by atoms with Gasteiger partial charge >= 0.3 is 5.97 Å². The molecule has 0 spiro atoms. The Morgan fingerprint density at radius 3 is 2.31 bits per heavy atom. The summed E-state index contributed by atoms with van der Waals surface area (Å²) in [7, 11) is 0. The molecule has 1 unspecified atom stereocenters. The van der Waals surface area contributed by atoms with Gasteiger partial charge in [0.1, 0.15) is 12.4 Å². The van der Waals surface area contributed by atoms with Crippen LogP contribution in [0.4, 0.5) is 0 Å². The summed E-state index contributed by atoms with van der Waals surface area (Å²) < 4.78 is 12.0. The van der Waals surface area contributed by atoms with Gasteiger partial charge in [0.2, 0.25) is 0 Å². The minimum atomic E-state index is -0.954. The highest BCUT2D eigenvalue weighted by molar-refractivity contribution is 5.87. The van der Waals surface area contributed by atoms with E-state index >= 15 is 0 Å². The van der Waals surface area contributed by atoms with Crippen LogP contribution in [-0.4, -0.2) is 41.0 Å². The first-order valence-corrected chi connectivity index (χ1v) is 13.3. The van der Waals surface area contributed by atoms with Crippen LogP contribution in [0.5, 0.6) is 5.75 Å². The summed E-state index contributed by atoms with van der Waals surface area (Å²) in [5.74, 6) is -0.263. The molecule has 0 aromatic heterocycles. The van der Waals surface area contributed by atoms with Crippen molar-refractivity contribution in [1.82, 2.24) is 5.32 Å². The first kappa shape index (κ1) is 28.3. The van der Waals surface area contributed by atoms with E-state index in [0.29, 0.717) is 18.9 Å². The molecule has 39 heavy (non-hydrogen) atoms. The molecule has 3 N–H and O–H groups in total. The van der Waals surface area contributed by atoms with E-state index in [1.54, 1.807) is 24.3 Å². The standard InChI is InChI=1S/C33H37NO5/c1-23(30-10-6-7-11-31(30)39-21-24-12-16-27(17-13-24)32(36)37)38-22-29(35)20-34-33(2,3)19-25-14-15-26-8-4-5-9-28(26)18-25/h4-18,23,29,34-35H,19-22H2,1-3H3,(H,36,37)/t23?,29-/m1/s1. The Labute approximate surface area is 230 Å². The number of para-hydroxylation sites is 1. The first-order chi connectivity index (χ1) is 18.7. The molecule has 0 bridgehead atoms. The van der Waals surface area contributed by atoms with Crippen molar-refractivity contribution in [2.75, 3.05) is 13.2 Å². The molecular weight excluding hydrogens is 490 g/mol. The van der Waals surface area contributed by atoms with Crippen molar-refractivity contribution in [3.63, 3.8) is 0 Å². The first-order valence-electron chi connectivity index (χ1n) is 13.3. The molecule has 4 aromatic rings. The Morgan fingerprint density at radius 1 is 0.897 bits per heavy atom. The molecule has 0 aliphatic carbocycles. The molecule has 0 radical (unpaired) electrons. The van der Waals surface area contributed by atoms with Crippen LogP contribution in [0.1, 0.15) is 53.9 Å². The van der Waals surface area contributed by atoms with Gasteiger partial charge in [-0.15, -0.1) is 0 Å². The van der Waals surface area contributed by atoms with Crippen LogP contribution >= 0.6 is 0 Å². The predicted octanol–water partition coefficient (Wildman–Crippen LogP) is 6.17. The van der Waals surface area contributed by atoms with E-state index in [-0.39, 0.29) is 23.8 Å². The number of carboxylic acid groups (broad SMARTS) is 1. The normalized spacial score (nSPS) is 13.2. The second-order valence-corrected chi connectivity index (χ2v) is 10.6. The highest BCUT2D eigenvalue weighted by Gasteiger charge is 2.20. The largest absolute Gasteiger partial charge is 0.489 e. The van der Waals surface area contributed by atoms with Crippen LogP contribution < -0.4 is 10.1 Å². The maximum atomic E-state index is 11.1. The van der Waals surface area contributed by atoms with Gasteiger partial charge in [0.25, 0.3) is 0 Å². The summed E-state index contributed by atoms with van der Waals surface area (Å²) in [6, 6.07) is 29.2. The predicted molar refractivity (Wildman–Crippen MR) is 154 cm³/mol. The Kier molecular flexibility index (Phi) is 9.36. The van der Waals surface area contributed by atoms with Crippen molar-refractivity contribution in [3.8, 4) is 5.75 Å². The number of fused-ring (bicyclic) bond motifs is 1. The molecule has 0 heterocycles. The molecule has 0 saturated heterocycles. The lowest BCUT2D eigenvalue weighted by Crippen LogP contribution is -2.46. The number of β-amino-alcohol motifs (C(OH)–C–C–N with tert-alkyl or cyclic N) is 1. The van der Waals surface area contributed by atoms with Crippen molar-refractivity contribution in [2.45, 2.75) is 51.5 Å². The molecule has 4 rings (SSSR count). The zero-order chi connectivity index (χ0) is 27.8. The van der Waals surface area contributed by atoms with Gasteiger partial charge in [0.05, 0.1) is 24.4 Å². The van der Waals surface area contributed by atoms with Gasteiger partial charge in [-0.05, 0) is 67.3 Å². The number of aromatic carboxylic acids is 1. The van der Waals surface area contributed by atoms with Gasteiger partial charge in [-0.2, -0.15) is 0 Å². The second-order valence-electron chi connectivity index (χ2n) is 10.6. The zero-order valence-corrected chi connectivity index (χ0v) is 22.8. The number of carboxylic acids is 1. The van der Waals surface area contributed by atoms with Crippen molar-refractivity contribution in [1.29, 1.82) is 0 Å². The number of nitrogens with one attached hydrogen (secondary N) is 1. The summed E-state index contributed by atoms with van der Waals surface area (Å²) in [5.41, 5.74) is 3.05. The molecule has 6 nitrogen and oxygen atoms in total. The maximum Gasteiger partial charge on any atom is 0.335 e. The van der Waals surface area contributed by atoms with E-state index in [1.165, 1.54) is 16.3 Å². The zero-order valence-electron chi connectivity index (χ0n) is 22.8. The van der Waals surface area contributed by atoms with Crippen LogP contribution in [0.3, 0.4) is 0 Å². The van der Waals surface area contributed by atoms with Crippen LogP contribution in [0.2, 0.25) is 0 Å². The third-order valence-corrected chi connectivity index (χ3v) is 6.77. The van der Waals surface area contributed by atoms with E-state index in [0.717, 1.165) is 17.5 Å². The van der Waals surface area contributed by atoms with Gasteiger partial charge in [0.15, 0.2) is 0 Å². The fourth-order valence-electron chi connectivity index (χ4n) is 4.57. The number of hydrogen-bond donors (Lipinski definition) is 3. The average Bonchev–Trinajstić information content (AvgIpc) is 2.94. The minimum absolute atomic E-state index is 0.186. The minimum Gasteiger partial charge on any atom is -0.489 e. The van der Waals surface area contributed by atoms with Crippen molar-refractivity contribution in [3.05, 3.63) is 113 Å². The highest BCUT2D eigenvalue weighted by atomic mass is 16.5. The van der Waals surface area contributed by atoms with E-state index in [1.807, 2.05) is 37.3 Å². The number of rotatable bonds is 13. The average molecular weight is 528 g/mol. The maximum absolute atomic E-state index is 11.1. The molecule has 6 heteroatoms. The molecule has 0 fully saturated rings. The number of aliphatic hydroxyl groups is 1. The fourth-order valence-corrected chi connectivity index (χ4v) is 4.57. The van der Waals surface area contributed by atoms with Gasteiger partial charge < -0.3 is 25.0 Å². The Morgan fingerprint density at radius 2 is 1.56 bits per heavy atom. The summed E-state index contributed by atoms with van der Waals surface area (Å²) in [6.45, 7) is 7.13. The van der Waals surface area contributed by atoms with Crippen LogP contribution in [0.15, 0.2) is 91.0 Å². The molecular formula is C33H37NO5. The Hall–Kier alpha value is -3.71. The molecule has 0 amide bonds. The summed E-state index contributed by atoms with van der Waals surface area (Å²) >= 11 is 0. The Balaban J connectivity index is 1.26. The van der Waals surface area contributed by atoms with Crippen LogP contribution in [-0.2, 0) is 17.8 Å². The number of carbonyl (C=O) groups is 1. The topological polar surface area (TPSA) is 88.0 Å². The lowest BCUT2D eigenvalue weighted by Gasteiger charge is -2.28. The molecule has 0 saturated carbocycles. The number of aliphatic hydroxyl groups excluding tert-OH is 1. The third-order valence-electron chi connectivity index (χ3n) is 6.77. The molecule has 204 valence electrons. The molecule has 4 aromatic carbocycles. The number of ether oxygens (including phenoxy) is 2. The third kappa shape index (κ3) is 8.14. The van der Waals surface area contributed by atoms with E-state index in [9.17, 15) is 9.90 Å². The number of benzene rings is 4. The summed E-state index contributed by atoms with van der Waals surface area (Å²) in [6.07, 6.45) is -0.106. The summed E-state index contributed by atoms with van der Waals surface area (Å²) in [4.78, 5) is 11.1. The quantitative estimate of drug-likeness (QED) is 0.193. The molecule has 0 aliphatic heterocycles. The van der Waals surface area contributed by atoms with Crippen molar-refractivity contribution in [2.24, 2.45) is 0 Å². The molecule has 2 atom stereocenters. The fraction of sp³-hybridized carbons (Fsp3) is 0.303. The number of hydrogen-bond acceptors (Lipinski definition) is 5. The Bertz CT molecular complexity index is 1380. The van der Waals surface area contributed by atoms with E-state index < -0.39 is 12.1 Å². The molecule has 0 aliphatic rings. The van der Waals surface area contributed by atoms with Crippen molar-refractivity contribution < 1.29 is 24.5 Å². The van der Waals surface area contributed by atoms with Gasteiger partial charge in [-0.3, -0.25) is 0 Å². The second kappa shape index (κ2) is 12.9. The monoisotopic (exact) mass is 527 g/mol. The van der Waals surface area contributed by atoms with E-state index in [4.69, 9.17) is 14.6 Å². The highest BCUT2D eigenvalue weighted by Crippen LogP contribution is 2.28. The smallest absolute Gasteiger partial charge is 0.335 e. The van der Waals surface area contributed by atoms with Gasteiger partial charge in [-0.25, -0.2) is 4.79 Å². The lowest BCUT2D eigenvalue weighted by molar-refractivity contribution is -0.00520. The SMILES string of the molecule is CC(OC[C@H](O)CNC(C)(C)Cc1ccc2ccccc2c1)c1ccccc1OCc1ccc(C(=O)O)cc1. The van der Waals surface area contributed by atoms with Gasteiger partial charge in [0, 0.05) is 17.6 Å².